The van der Waals surface area contributed by atoms with E-state index in [0.717, 1.165) is 94.2 Å². The lowest BCUT2D eigenvalue weighted by Gasteiger charge is -2.39. The van der Waals surface area contributed by atoms with Gasteiger partial charge in [0.25, 0.3) is 0 Å². The van der Waals surface area contributed by atoms with Crippen LogP contribution in [0.15, 0.2) is 72.8 Å². The Hall–Kier alpha value is -3.84. The van der Waals surface area contributed by atoms with Crippen molar-refractivity contribution in [3.63, 3.8) is 0 Å². The number of carbonyl (C=O) groups is 1. The molecule has 41 heavy (non-hydrogen) atoms. The second-order valence-electron chi connectivity index (χ2n) is 11.4. The summed E-state index contributed by atoms with van der Waals surface area (Å²) in [5.74, 6) is 2.29. The first-order chi connectivity index (χ1) is 20.1. The number of piperidine rings is 1. The van der Waals surface area contributed by atoms with Crippen molar-refractivity contribution in [1.82, 2.24) is 19.4 Å². The Morgan fingerprint density at radius 3 is 2.34 bits per heavy atom. The van der Waals surface area contributed by atoms with Gasteiger partial charge in [0, 0.05) is 45.0 Å². The van der Waals surface area contributed by atoms with Crippen molar-refractivity contribution in [2.24, 2.45) is 5.92 Å². The van der Waals surface area contributed by atoms with Crippen LogP contribution in [-0.2, 0) is 24.3 Å². The van der Waals surface area contributed by atoms with E-state index in [4.69, 9.17) is 9.72 Å². The highest BCUT2D eigenvalue weighted by atomic mass is 16.5. The van der Waals surface area contributed by atoms with Crippen molar-refractivity contribution >= 4 is 22.6 Å². The van der Waals surface area contributed by atoms with Gasteiger partial charge in [0.15, 0.2) is 0 Å². The number of anilines is 1. The highest BCUT2D eigenvalue weighted by molar-refractivity contribution is 5.79. The molecule has 0 spiro atoms. The Labute approximate surface area is 243 Å². The summed E-state index contributed by atoms with van der Waals surface area (Å²) >= 11 is 0. The molecule has 6 rings (SSSR count). The fourth-order valence-electron chi connectivity index (χ4n) is 6.32. The fraction of sp³-hybridized carbons (Fsp3) is 0.412. The molecular weight excluding hydrogens is 510 g/mol. The molecular formula is C34H41N5O2. The first-order valence-electron chi connectivity index (χ1n) is 15.0. The third-order valence-corrected chi connectivity index (χ3v) is 8.75. The number of amides is 1. The fourth-order valence-corrected chi connectivity index (χ4v) is 6.32. The van der Waals surface area contributed by atoms with Crippen LogP contribution in [0, 0.1) is 5.92 Å². The first-order valence-corrected chi connectivity index (χ1v) is 15.0. The van der Waals surface area contributed by atoms with Gasteiger partial charge in [-0.25, -0.2) is 4.98 Å². The molecule has 4 aromatic rings. The molecule has 0 aliphatic carbocycles. The zero-order chi connectivity index (χ0) is 28.2. The van der Waals surface area contributed by atoms with Crippen LogP contribution in [0.25, 0.3) is 11.0 Å². The van der Waals surface area contributed by atoms with Crippen molar-refractivity contribution in [3.8, 4) is 5.75 Å². The summed E-state index contributed by atoms with van der Waals surface area (Å²) in [6.45, 7) is 8.85. The van der Waals surface area contributed by atoms with Crippen molar-refractivity contribution in [1.29, 1.82) is 0 Å². The maximum absolute atomic E-state index is 13.6. The second kappa shape index (κ2) is 12.4. The lowest BCUT2D eigenvalue weighted by atomic mass is 9.96. The number of rotatable bonds is 8. The SMILES string of the molecule is CCc1ccc(N2CCN(C(=O)[C@H]3CCCN(Cc4nc5ccccc5n4Cc4ccc(OC)cc4)C3)CC2)cc1. The molecule has 7 heteroatoms. The molecule has 0 bridgehead atoms. The van der Waals surface area contributed by atoms with Gasteiger partial charge in [-0.15, -0.1) is 0 Å². The van der Waals surface area contributed by atoms with Crippen LogP contribution in [-0.4, -0.2) is 71.6 Å². The van der Waals surface area contributed by atoms with Crippen molar-refractivity contribution < 1.29 is 9.53 Å². The van der Waals surface area contributed by atoms with Gasteiger partial charge in [-0.3, -0.25) is 9.69 Å². The van der Waals surface area contributed by atoms with E-state index in [-0.39, 0.29) is 5.92 Å². The van der Waals surface area contributed by atoms with Gasteiger partial charge in [-0.05, 0) is 73.3 Å². The summed E-state index contributed by atoms with van der Waals surface area (Å²) in [4.78, 5) is 25.6. The predicted molar refractivity (Wildman–Crippen MR) is 164 cm³/mol. The molecule has 1 amide bonds. The molecule has 0 saturated carbocycles. The van der Waals surface area contributed by atoms with E-state index in [9.17, 15) is 4.79 Å². The van der Waals surface area contributed by atoms with Gasteiger partial charge in [0.2, 0.25) is 5.91 Å². The number of aromatic nitrogens is 2. The summed E-state index contributed by atoms with van der Waals surface area (Å²) in [7, 11) is 1.69. The Kier molecular flexibility index (Phi) is 8.23. The van der Waals surface area contributed by atoms with Crippen LogP contribution in [0.2, 0.25) is 0 Å². The number of benzene rings is 3. The maximum atomic E-state index is 13.6. The molecule has 3 aromatic carbocycles. The molecule has 1 atom stereocenters. The average molecular weight is 552 g/mol. The summed E-state index contributed by atoms with van der Waals surface area (Å²) in [5, 5.41) is 0. The van der Waals surface area contributed by atoms with Crippen molar-refractivity contribution in [2.45, 2.75) is 39.3 Å². The van der Waals surface area contributed by atoms with E-state index in [1.54, 1.807) is 7.11 Å². The Balaban J connectivity index is 1.10. The van der Waals surface area contributed by atoms with E-state index in [0.29, 0.717) is 5.91 Å². The standard InChI is InChI=1S/C34H41N5O2/c1-3-26-10-14-29(15-11-26)37-19-21-38(22-20-37)34(40)28-7-6-18-36(24-28)25-33-35-31-8-4-5-9-32(31)39(33)23-27-12-16-30(41-2)17-13-27/h4-5,8-17,28H,3,6-7,18-25H2,1-2H3/t28-/m0/s1. The normalized spacial score (nSPS) is 18.1. The van der Waals surface area contributed by atoms with Crippen LogP contribution in [0.1, 0.15) is 36.7 Å². The van der Waals surface area contributed by atoms with Crippen molar-refractivity contribution in [3.05, 3.63) is 89.7 Å². The number of hydrogen-bond acceptors (Lipinski definition) is 5. The molecule has 0 radical (unpaired) electrons. The minimum atomic E-state index is 0.0542. The van der Waals surface area contributed by atoms with Crippen LogP contribution >= 0.6 is 0 Å². The number of fused-ring (bicyclic) bond motifs is 1. The molecule has 7 nitrogen and oxygen atoms in total. The predicted octanol–water partition coefficient (Wildman–Crippen LogP) is 5.22. The summed E-state index contributed by atoms with van der Waals surface area (Å²) in [6.07, 6.45) is 3.07. The molecule has 0 unspecified atom stereocenters. The topological polar surface area (TPSA) is 53.8 Å². The smallest absolute Gasteiger partial charge is 0.227 e. The van der Waals surface area contributed by atoms with E-state index < -0.39 is 0 Å². The molecule has 2 saturated heterocycles. The molecule has 2 fully saturated rings. The number of aryl methyl sites for hydroxylation is 1. The third-order valence-electron chi connectivity index (χ3n) is 8.75. The van der Waals surface area contributed by atoms with Gasteiger partial charge in [0.05, 0.1) is 30.6 Å². The Morgan fingerprint density at radius 2 is 1.61 bits per heavy atom. The maximum Gasteiger partial charge on any atom is 0.227 e. The molecule has 214 valence electrons. The number of piperazine rings is 1. The van der Waals surface area contributed by atoms with E-state index >= 15 is 0 Å². The van der Waals surface area contributed by atoms with Gasteiger partial charge >= 0.3 is 0 Å². The van der Waals surface area contributed by atoms with Gasteiger partial charge in [-0.2, -0.15) is 0 Å². The third kappa shape index (κ3) is 6.10. The lowest BCUT2D eigenvalue weighted by Crippen LogP contribution is -2.52. The average Bonchev–Trinajstić information content (AvgIpc) is 3.37. The second-order valence-corrected chi connectivity index (χ2v) is 11.4. The van der Waals surface area contributed by atoms with Crippen LogP contribution in [0.3, 0.4) is 0 Å². The number of imidazole rings is 1. The van der Waals surface area contributed by atoms with Crippen molar-refractivity contribution in [2.75, 3.05) is 51.3 Å². The minimum Gasteiger partial charge on any atom is -0.497 e. The summed E-state index contributed by atoms with van der Waals surface area (Å²) < 4.78 is 7.67. The van der Waals surface area contributed by atoms with Gasteiger partial charge in [0.1, 0.15) is 11.6 Å². The van der Waals surface area contributed by atoms with Gasteiger partial charge in [-0.1, -0.05) is 43.3 Å². The molecule has 2 aliphatic heterocycles. The molecule has 1 aromatic heterocycles. The zero-order valence-electron chi connectivity index (χ0n) is 24.3. The van der Waals surface area contributed by atoms with Crippen LogP contribution in [0.5, 0.6) is 5.75 Å². The number of ether oxygens (including phenoxy) is 1. The highest BCUT2D eigenvalue weighted by Gasteiger charge is 2.31. The molecule has 2 aliphatic rings. The number of likely N-dealkylation sites (tertiary alicyclic amines) is 1. The number of methoxy groups -OCH3 is 1. The number of nitrogens with zero attached hydrogens (tertiary/aromatic N) is 5. The van der Waals surface area contributed by atoms with Crippen LogP contribution in [0.4, 0.5) is 5.69 Å². The minimum absolute atomic E-state index is 0.0542. The van der Waals surface area contributed by atoms with Gasteiger partial charge < -0.3 is 19.1 Å². The quantitative estimate of drug-likeness (QED) is 0.301. The highest BCUT2D eigenvalue weighted by Crippen LogP contribution is 2.25. The monoisotopic (exact) mass is 551 g/mol. The number of hydrogen-bond donors (Lipinski definition) is 0. The van der Waals surface area contributed by atoms with E-state index in [2.05, 4.69) is 80.8 Å². The summed E-state index contributed by atoms with van der Waals surface area (Å²) in [6, 6.07) is 25.5. The molecule has 3 heterocycles. The largest absolute Gasteiger partial charge is 0.497 e. The lowest BCUT2D eigenvalue weighted by molar-refractivity contribution is -0.137. The van der Waals surface area contributed by atoms with E-state index in [1.165, 1.54) is 16.8 Å². The van der Waals surface area contributed by atoms with E-state index in [1.807, 2.05) is 18.2 Å². The van der Waals surface area contributed by atoms with Crippen LogP contribution < -0.4 is 9.64 Å². The summed E-state index contributed by atoms with van der Waals surface area (Å²) in [5.41, 5.74) is 5.99. The first kappa shape index (κ1) is 27.3. The number of para-hydroxylation sites is 2. The number of carbonyl (C=O) groups excluding carboxylic acids is 1. The Morgan fingerprint density at radius 1 is 0.878 bits per heavy atom. The molecule has 0 N–H and O–H groups in total. The Bertz CT molecular complexity index is 1460. The zero-order valence-corrected chi connectivity index (χ0v) is 24.3.